The molecule has 0 radical (unpaired) electrons. The number of hydrogen-bond acceptors (Lipinski definition) is 17. The molecule has 141 heavy (non-hydrogen) atoms. The van der Waals surface area contributed by atoms with Crippen LogP contribution in [0.4, 0.5) is 0 Å². The summed E-state index contributed by atoms with van der Waals surface area (Å²) in [6, 6.07) is 150. The first-order valence-electron chi connectivity index (χ1n) is 46.4. The van der Waals surface area contributed by atoms with E-state index in [0.717, 1.165) is 222 Å². The molecule has 0 saturated heterocycles. The lowest BCUT2D eigenvalue weighted by Gasteiger charge is -2.10. The Labute approximate surface area is 807 Å². The number of aromatic nitrogens is 14. The first kappa shape index (κ1) is 83.3. The molecule has 17 heteroatoms. The second-order valence-electron chi connectivity index (χ2n) is 34.1. The van der Waals surface area contributed by atoms with Crippen LogP contribution in [0.1, 0.15) is 0 Å². The molecule has 11 aromatic heterocycles. The van der Waals surface area contributed by atoms with Gasteiger partial charge in [-0.05, 0) is 145 Å². The lowest BCUT2D eigenvalue weighted by molar-refractivity contribution is 0.619. The smallest absolute Gasteiger partial charge is 0.227 e. The van der Waals surface area contributed by atoms with Gasteiger partial charge in [-0.3, -0.25) is 9.97 Å². The third-order valence-corrected chi connectivity index (χ3v) is 25.2. The van der Waals surface area contributed by atoms with Crippen molar-refractivity contribution in [1.29, 1.82) is 0 Å². The van der Waals surface area contributed by atoms with E-state index in [1.807, 2.05) is 315 Å². The Bertz CT molecular complexity index is 8380. The minimum atomic E-state index is 0.525. The van der Waals surface area contributed by atoms with Gasteiger partial charge in [0.05, 0.1) is 67.8 Å². The summed E-state index contributed by atoms with van der Waals surface area (Å²) < 4.78 is 19.4. The van der Waals surface area contributed by atoms with Crippen molar-refractivity contribution in [3.63, 3.8) is 0 Å². The SMILES string of the molecule is c1ccc(-c2cc(-c3cccc(-c4nc5c(ccc6c(-c7ccccc7)nc7ccccc7c65)o4)c3)nc(-c3ccccc3)n2)cc1.c1ccc(-c2nc(-c3ccccc3)nc(-c3cccc(-c4nc5c(ccc6c(-c7ccccc7)nc7ccccc7c65)o4)c3)n2)cc1.c1ccc(-c2nc3ccccc3c3c2ccc2oc(-c4cccc(-c5cc(-c6ccccn6)nc(-c6ccccn6)c5)c4)nc23)cc1. The number of para-hydroxylation sites is 3. The fourth-order valence-electron chi connectivity index (χ4n) is 18.5. The molecule has 0 saturated carbocycles. The minimum Gasteiger partial charge on any atom is -0.436 e. The normalized spacial score (nSPS) is 11.4. The van der Waals surface area contributed by atoms with Gasteiger partial charge in [0.2, 0.25) is 17.7 Å². The second kappa shape index (κ2) is 36.4. The summed E-state index contributed by atoms with van der Waals surface area (Å²) in [6.45, 7) is 0. The number of hydrogen-bond donors (Lipinski definition) is 0. The first-order valence-corrected chi connectivity index (χ1v) is 46.4. The molecular formula is C124H76N14O3. The molecule has 0 bridgehead atoms. The van der Waals surface area contributed by atoms with E-state index in [2.05, 4.69) is 143 Å². The minimum absolute atomic E-state index is 0.525. The molecule has 0 N–H and O–H groups in total. The summed E-state index contributed by atoms with van der Waals surface area (Å²) in [4.78, 5) is 69.3. The number of rotatable bonds is 15. The van der Waals surface area contributed by atoms with Crippen molar-refractivity contribution in [3.05, 3.63) is 461 Å². The number of nitrogens with zero attached hydrogens (tertiary/aromatic N) is 14. The molecule has 0 fully saturated rings. The standard InChI is InChI=1S/C42H26N4O.2C41H25N5O/c1-4-13-27(14-5-1)35-26-36(45-41(44-35)29-17-8-3-9-18-29)30-19-12-20-31(25-30)42-46-40-37(47-42)24-23-33-38(40)32-21-10-11-22-34(32)43-39(33)28-15-6-2-7-16-28;1-4-13-26(14-5-1)36-32-23-24-34-37(35(32)31-21-10-11-22-33(31)42-36)43-41(47-34)30-20-12-19-29(25-30)40-45-38(27-15-6-2-7-16-27)44-39(46-40)28-17-8-3-9-18-28;1-2-11-26(12-3-1)39-31-19-20-37-40(38(31)30-15-4-5-16-32(30)45-39)46-41(47-37)28-14-10-13-27(23-28)29-24-35(33-17-6-8-21-42-33)44-36(25-29)34-18-7-9-22-43-34/h1-26H;2*1-25H. The van der Waals surface area contributed by atoms with Crippen molar-refractivity contribution >= 4 is 98.3 Å². The van der Waals surface area contributed by atoms with Crippen LogP contribution in [0, 0.1) is 0 Å². The van der Waals surface area contributed by atoms with Gasteiger partial charge >= 0.3 is 0 Å². The molecular weight excluding hydrogens is 1730 g/mol. The largest absolute Gasteiger partial charge is 0.436 e. The Morgan fingerprint density at radius 1 is 0.149 bits per heavy atom. The monoisotopic (exact) mass is 1810 g/mol. The second-order valence-corrected chi connectivity index (χ2v) is 34.1. The Kier molecular flexibility index (Phi) is 21.5. The molecule has 0 aliphatic rings. The van der Waals surface area contributed by atoms with Crippen LogP contribution in [0.25, 0.3) is 268 Å². The van der Waals surface area contributed by atoms with E-state index >= 15 is 0 Å². The Morgan fingerprint density at radius 3 is 0.816 bits per heavy atom. The zero-order chi connectivity index (χ0) is 93.5. The van der Waals surface area contributed by atoms with Gasteiger partial charge < -0.3 is 13.3 Å². The maximum Gasteiger partial charge on any atom is 0.227 e. The molecule has 0 aliphatic heterocycles. The van der Waals surface area contributed by atoms with Gasteiger partial charge in [-0.15, -0.1) is 0 Å². The number of pyridine rings is 6. The third-order valence-electron chi connectivity index (χ3n) is 25.2. The predicted octanol–water partition coefficient (Wildman–Crippen LogP) is 30.8. The van der Waals surface area contributed by atoms with E-state index in [1.165, 1.54) is 0 Å². The van der Waals surface area contributed by atoms with Crippen LogP contribution in [-0.2, 0) is 0 Å². The molecule has 0 amide bonds. The third kappa shape index (κ3) is 16.3. The zero-order valence-corrected chi connectivity index (χ0v) is 75.4. The van der Waals surface area contributed by atoms with Gasteiger partial charge in [0.1, 0.15) is 16.6 Å². The van der Waals surface area contributed by atoms with Crippen molar-refractivity contribution in [1.82, 2.24) is 69.8 Å². The highest BCUT2D eigenvalue weighted by atomic mass is 16.4. The zero-order valence-electron chi connectivity index (χ0n) is 75.4. The van der Waals surface area contributed by atoms with Crippen LogP contribution >= 0.6 is 0 Å². The average Bonchev–Trinajstić information content (AvgIpc) is 1.72. The van der Waals surface area contributed by atoms with Crippen LogP contribution in [-0.4, -0.2) is 69.8 Å². The lowest BCUT2D eigenvalue weighted by atomic mass is 9.99. The van der Waals surface area contributed by atoms with Gasteiger partial charge in [-0.25, -0.2) is 59.8 Å². The molecule has 16 aromatic carbocycles. The van der Waals surface area contributed by atoms with Crippen molar-refractivity contribution in [3.8, 4) is 170 Å². The van der Waals surface area contributed by atoms with E-state index < -0.39 is 0 Å². The predicted molar refractivity (Wildman–Crippen MR) is 564 cm³/mol. The summed E-state index contributed by atoms with van der Waals surface area (Å²) in [5.41, 5.74) is 28.4. The molecule has 0 unspecified atom stereocenters. The summed E-state index contributed by atoms with van der Waals surface area (Å²) >= 11 is 0. The van der Waals surface area contributed by atoms with E-state index in [9.17, 15) is 0 Å². The maximum absolute atomic E-state index is 6.47. The van der Waals surface area contributed by atoms with Gasteiger partial charge in [-0.2, -0.15) is 0 Å². The van der Waals surface area contributed by atoms with Crippen LogP contribution in [0.3, 0.4) is 0 Å². The van der Waals surface area contributed by atoms with Gasteiger partial charge in [0.15, 0.2) is 40.0 Å². The highest BCUT2D eigenvalue weighted by Gasteiger charge is 2.25. The molecule has 0 spiro atoms. The summed E-state index contributed by atoms with van der Waals surface area (Å²) in [7, 11) is 0. The fraction of sp³-hybridized carbons (Fsp3) is 0. The lowest BCUT2D eigenvalue weighted by Crippen LogP contribution is -2.00. The quantitative estimate of drug-likeness (QED) is 0.0871. The van der Waals surface area contributed by atoms with Gasteiger partial charge in [0, 0.05) is 128 Å². The Morgan fingerprint density at radius 2 is 0.440 bits per heavy atom. The summed E-state index contributed by atoms with van der Waals surface area (Å²) in [6.07, 6.45) is 3.56. The van der Waals surface area contributed by atoms with Gasteiger partial charge in [0.25, 0.3) is 0 Å². The van der Waals surface area contributed by atoms with E-state index in [1.54, 1.807) is 12.4 Å². The Hall–Kier alpha value is -19.5. The number of oxazole rings is 3. The highest BCUT2D eigenvalue weighted by molar-refractivity contribution is 6.23. The van der Waals surface area contributed by atoms with E-state index in [-0.39, 0.29) is 0 Å². The summed E-state index contributed by atoms with van der Waals surface area (Å²) in [5, 5.41) is 9.33. The maximum atomic E-state index is 6.47. The topological polar surface area (TPSA) is 220 Å². The van der Waals surface area contributed by atoms with Crippen LogP contribution in [0.15, 0.2) is 475 Å². The highest BCUT2D eigenvalue weighted by Crippen LogP contribution is 2.45. The van der Waals surface area contributed by atoms with Crippen LogP contribution in [0.5, 0.6) is 0 Å². The molecule has 27 rings (SSSR count). The molecule has 27 aromatic rings. The average molecular weight is 1810 g/mol. The molecule has 0 aliphatic carbocycles. The van der Waals surface area contributed by atoms with E-state index in [4.69, 9.17) is 73.1 Å². The molecule has 11 heterocycles. The van der Waals surface area contributed by atoms with Crippen molar-refractivity contribution < 1.29 is 13.3 Å². The molecule has 0 atom stereocenters. The van der Waals surface area contributed by atoms with Crippen molar-refractivity contribution in [2.75, 3.05) is 0 Å². The fourth-order valence-corrected chi connectivity index (χ4v) is 18.5. The number of fused-ring (bicyclic) bond motifs is 15. The van der Waals surface area contributed by atoms with Gasteiger partial charge in [-0.1, -0.05) is 315 Å². The van der Waals surface area contributed by atoms with Crippen LogP contribution < -0.4 is 0 Å². The van der Waals surface area contributed by atoms with Crippen LogP contribution in [0.2, 0.25) is 0 Å². The van der Waals surface area contributed by atoms with E-state index in [0.29, 0.717) is 46.6 Å². The molecule has 660 valence electrons. The summed E-state index contributed by atoms with van der Waals surface area (Å²) in [5.74, 6) is 4.11. The van der Waals surface area contributed by atoms with Crippen molar-refractivity contribution in [2.24, 2.45) is 0 Å². The Balaban J connectivity index is 0.000000111. The molecule has 17 nitrogen and oxygen atoms in total. The number of benzene rings is 16. The van der Waals surface area contributed by atoms with Crippen molar-refractivity contribution in [2.45, 2.75) is 0 Å². The first-order chi connectivity index (χ1) is 69.8.